The highest BCUT2D eigenvalue weighted by Crippen LogP contribution is 2.10. The van der Waals surface area contributed by atoms with Crippen LogP contribution in [0.25, 0.3) is 0 Å². The lowest BCUT2D eigenvalue weighted by Crippen LogP contribution is -2.57. The number of aliphatic carboxylic acids is 1. The maximum absolute atomic E-state index is 13.1. The Morgan fingerprint density at radius 1 is 0.788 bits per heavy atom. The third-order valence-corrected chi connectivity index (χ3v) is 5.05. The van der Waals surface area contributed by atoms with Crippen molar-refractivity contribution in [3.63, 3.8) is 0 Å². The fraction of sp³-hybridized carbons (Fsp3) is 0.583. The minimum atomic E-state index is -1.18. The largest absolute Gasteiger partial charge is 0.480 e. The average Bonchev–Trinajstić information content (AvgIpc) is 2.72. The van der Waals surface area contributed by atoms with Crippen molar-refractivity contribution in [1.29, 1.82) is 0 Å². The maximum Gasteiger partial charge on any atom is 0.325 e. The van der Waals surface area contributed by atoms with Crippen LogP contribution in [-0.4, -0.2) is 53.0 Å². The predicted molar refractivity (Wildman–Crippen MR) is 126 cm³/mol. The first-order chi connectivity index (χ1) is 15.4. The van der Waals surface area contributed by atoms with Crippen LogP contribution >= 0.6 is 0 Å². The van der Waals surface area contributed by atoms with E-state index >= 15 is 0 Å². The van der Waals surface area contributed by atoms with E-state index in [2.05, 4.69) is 16.0 Å². The molecule has 1 aromatic rings. The highest BCUT2D eigenvalue weighted by atomic mass is 16.4. The molecule has 0 fully saturated rings. The summed E-state index contributed by atoms with van der Waals surface area (Å²) < 4.78 is 0. The fourth-order valence-electron chi connectivity index (χ4n) is 3.30. The molecule has 9 nitrogen and oxygen atoms in total. The molecule has 0 spiro atoms. The van der Waals surface area contributed by atoms with E-state index in [4.69, 9.17) is 10.8 Å². The Morgan fingerprint density at radius 3 is 1.82 bits per heavy atom. The summed E-state index contributed by atoms with van der Waals surface area (Å²) in [6, 6.07) is 5.32. The number of hydrogen-bond donors (Lipinski definition) is 5. The molecule has 0 aliphatic heterocycles. The summed E-state index contributed by atoms with van der Waals surface area (Å²) in [6.45, 7) is 9.10. The molecule has 0 heterocycles. The Morgan fingerprint density at radius 2 is 1.30 bits per heavy atom. The molecular formula is C24H38N4O5. The van der Waals surface area contributed by atoms with Gasteiger partial charge in [0.15, 0.2) is 0 Å². The quantitative estimate of drug-likeness (QED) is 0.297. The maximum atomic E-state index is 13.1. The van der Waals surface area contributed by atoms with E-state index in [0.717, 1.165) is 5.56 Å². The lowest BCUT2D eigenvalue weighted by molar-refractivity contribution is -0.141. The van der Waals surface area contributed by atoms with Gasteiger partial charge < -0.3 is 26.8 Å². The summed E-state index contributed by atoms with van der Waals surface area (Å²) in [5, 5.41) is 16.9. The van der Waals surface area contributed by atoms with Gasteiger partial charge in [0.2, 0.25) is 17.7 Å². The Labute approximate surface area is 195 Å². The number of nitrogens with one attached hydrogen (secondary N) is 3. The van der Waals surface area contributed by atoms with Crippen LogP contribution in [0.4, 0.5) is 0 Å². The van der Waals surface area contributed by atoms with Crippen molar-refractivity contribution in [3.8, 4) is 0 Å². The van der Waals surface area contributed by atoms with Gasteiger partial charge in [0, 0.05) is 6.42 Å². The van der Waals surface area contributed by atoms with E-state index in [1.54, 1.807) is 0 Å². The molecule has 0 saturated heterocycles. The molecule has 0 bridgehead atoms. The summed E-state index contributed by atoms with van der Waals surface area (Å²) in [5.41, 5.74) is 6.76. The highest BCUT2D eigenvalue weighted by Gasteiger charge is 2.30. The number of carbonyl (C=O) groups is 4. The molecular weight excluding hydrogens is 424 g/mol. The van der Waals surface area contributed by atoms with Crippen LogP contribution < -0.4 is 21.7 Å². The molecule has 0 aliphatic carbocycles. The van der Waals surface area contributed by atoms with Gasteiger partial charge in [0.05, 0.1) is 6.04 Å². The van der Waals surface area contributed by atoms with Gasteiger partial charge in [-0.3, -0.25) is 19.2 Å². The number of benzene rings is 1. The number of nitrogens with two attached hydrogens (primary N) is 1. The lowest BCUT2D eigenvalue weighted by Gasteiger charge is -2.26. The van der Waals surface area contributed by atoms with E-state index in [9.17, 15) is 19.2 Å². The first-order valence-corrected chi connectivity index (χ1v) is 11.3. The van der Waals surface area contributed by atoms with Gasteiger partial charge in [-0.1, -0.05) is 58.0 Å². The van der Waals surface area contributed by atoms with Gasteiger partial charge >= 0.3 is 5.97 Å². The molecule has 4 atom stereocenters. The molecule has 9 heteroatoms. The van der Waals surface area contributed by atoms with Gasteiger partial charge in [0.25, 0.3) is 0 Å². The van der Waals surface area contributed by atoms with Crippen LogP contribution in [0.2, 0.25) is 0 Å². The van der Waals surface area contributed by atoms with Gasteiger partial charge in [-0.15, -0.1) is 0 Å². The third-order valence-electron chi connectivity index (χ3n) is 5.05. The average molecular weight is 463 g/mol. The van der Waals surface area contributed by atoms with Crippen molar-refractivity contribution in [2.75, 3.05) is 0 Å². The van der Waals surface area contributed by atoms with Crippen molar-refractivity contribution in [2.24, 2.45) is 17.6 Å². The normalized spacial score (nSPS) is 14.8. The predicted octanol–water partition coefficient (Wildman–Crippen LogP) is 1.21. The van der Waals surface area contributed by atoms with Crippen molar-refractivity contribution in [2.45, 2.75) is 78.0 Å². The molecule has 0 aliphatic rings. The lowest BCUT2D eigenvalue weighted by atomic mass is 9.99. The molecule has 4 unspecified atom stereocenters. The zero-order valence-corrected chi connectivity index (χ0v) is 20.1. The second-order valence-electron chi connectivity index (χ2n) is 9.25. The van der Waals surface area contributed by atoms with E-state index in [0.29, 0.717) is 12.8 Å². The first-order valence-electron chi connectivity index (χ1n) is 11.3. The van der Waals surface area contributed by atoms with Crippen molar-refractivity contribution >= 4 is 23.7 Å². The molecule has 1 aromatic carbocycles. The zero-order chi connectivity index (χ0) is 25.1. The van der Waals surface area contributed by atoms with Crippen molar-refractivity contribution in [1.82, 2.24) is 16.0 Å². The Hall–Kier alpha value is -2.94. The van der Waals surface area contributed by atoms with Crippen molar-refractivity contribution < 1.29 is 24.3 Å². The Bertz CT molecular complexity index is 797. The molecule has 3 amide bonds. The fourth-order valence-corrected chi connectivity index (χ4v) is 3.30. The number of carboxylic acid groups (broad SMARTS) is 1. The van der Waals surface area contributed by atoms with Gasteiger partial charge in [0.1, 0.15) is 18.1 Å². The molecule has 0 saturated carbocycles. The Kier molecular flexibility index (Phi) is 11.6. The molecule has 6 N–H and O–H groups in total. The smallest absolute Gasteiger partial charge is 0.325 e. The van der Waals surface area contributed by atoms with Gasteiger partial charge in [-0.2, -0.15) is 0 Å². The van der Waals surface area contributed by atoms with Crippen LogP contribution in [-0.2, 0) is 25.6 Å². The molecule has 0 aromatic heterocycles. The van der Waals surface area contributed by atoms with E-state index in [1.807, 2.05) is 58.0 Å². The second-order valence-corrected chi connectivity index (χ2v) is 9.25. The van der Waals surface area contributed by atoms with Crippen LogP contribution in [0.3, 0.4) is 0 Å². The first kappa shape index (κ1) is 28.1. The standard InChI is InChI=1S/C24H38N4O5/c1-14(2)11-18(25)21(29)27-19(12-15(3)4)23(31)28-20(13-17-9-7-6-8-10-17)22(30)26-16(5)24(32)33/h6-10,14-16,18-20H,11-13,25H2,1-5H3,(H,26,30)(H,27,29)(H,28,31)(H,32,33). The number of hydrogen-bond acceptors (Lipinski definition) is 5. The van der Waals surface area contributed by atoms with Crippen LogP contribution in [0.1, 0.15) is 53.0 Å². The SMILES string of the molecule is CC(C)CC(N)C(=O)NC(CC(C)C)C(=O)NC(Cc1ccccc1)C(=O)NC(C)C(=O)O. The van der Waals surface area contributed by atoms with E-state index in [-0.39, 0.29) is 18.3 Å². The summed E-state index contributed by atoms with van der Waals surface area (Å²) >= 11 is 0. The summed E-state index contributed by atoms with van der Waals surface area (Å²) in [6.07, 6.45) is 1.01. The van der Waals surface area contributed by atoms with Crippen molar-refractivity contribution in [3.05, 3.63) is 35.9 Å². The minimum Gasteiger partial charge on any atom is -0.480 e. The Balaban J connectivity index is 3.03. The second kappa shape index (κ2) is 13.6. The van der Waals surface area contributed by atoms with Gasteiger partial charge in [-0.05, 0) is 37.2 Å². The number of amides is 3. The monoisotopic (exact) mass is 462 g/mol. The van der Waals surface area contributed by atoms with E-state index in [1.165, 1.54) is 6.92 Å². The molecule has 33 heavy (non-hydrogen) atoms. The molecule has 184 valence electrons. The topological polar surface area (TPSA) is 151 Å². The van der Waals surface area contributed by atoms with Crippen LogP contribution in [0.5, 0.6) is 0 Å². The zero-order valence-electron chi connectivity index (χ0n) is 20.1. The highest BCUT2D eigenvalue weighted by molar-refractivity contribution is 5.94. The summed E-state index contributed by atoms with van der Waals surface area (Å²) in [4.78, 5) is 49.6. The summed E-state index contributed by atoms with van der Waals surface area (Å²) in [5.74, 6) is -2.43. The number of carbonyl (C=O) groups excluding carboxylic acids is 3. The van der Waals surface area contributed by atoms with Gasteiger partial charge in [-0.25, -0.2) is 0 Å². The third kappa shape index (κ3) is 10.5. The summed E-state index contributed by atoms with van der Waals surface area (Å²) in [7, 11) is 0. The molecule has 0 radical (unpaired) electrons. The van der Waals surface area contributed by atoms with Crippen LogP contribution in [0, 0.1) is 11.8 Å². The van der Waals surface area contributed by atoms with Crippen LogP contribution in [0.15, 0.2) is 30.3 Å². The van der Waals surface area contributed by atoms with E-state index < -0.39 is 47.9 Å². The number of rotatable bonds is 13. The minimum absolute atomic E-state index is 0.0933. The molecule has 1 rings (SSSR count). The number of carboxylic acids is 1.